The number of sulfone groups is 1. The van der Waals surface area contributed by atoms with Crippen LogP contribution in [0, 0.1) is 5.92 Å². The van der Waals surface area contributed by atoms with Crippen molar-refractivity contribution in [2.45, 2.75) is 30.0 Å². The van der Waals surface area contributed by atoms with Gasteiger partial charge in [-0.3, -0.25) is 4.79 Å². The first-order valence-electron chi connectivity index (χ1n) is 5.16. The van der Waals surface area contributed by atoms with Gasteiger partial charge in [0.15, 0.2) is 9.84 Å². The van der Waals surface area contributed by atoms with Crippen LogP contribution in [0.2, 0.25) is 0 Å². The molecule has 0 spiro atoms. The third-order valence-corrected chi connectivity index (χ3v) is 6.55. The number of carboxylic acids is 1. The Morgan fingerprint density at radius 3 is 2.47 bits per heavy atom. The van der Waals surface area contributed by atoms with Crippen molar-refractivity contribution >= 4 is 21.7 Å². The third kappa shape index (κ3) is 1.17. The number of hydrogen-bond acceptors (Lipinski definition) is 5. The molecule has 2 aliphatic heterocycles. The zero-order valence-electron chi connectivity index (χ0n) is 9.45. The van der Waals surface area contributed by atoms with E-state index in [0.717, 1.165) is 4.90 Å². The minimum Gasteiger partial charge on any atom is -0.480 e. The molecule has 0 bridgehead atoms. The first-order chi connectivity index (χ1) is 7.67. The summed E-state index contributed by atoms with van der Waals surface area (Å²) in [6.07, 6.45) is 0. The third-order valence-electron chi connectivity index (χ3n) is 3.67. The number of carbonyl (C=O) groups excluding carboxylic acids is 1. The second-order valence-electron chi connectivity index (χ2n) is 4.87. The lowest BCUT2D eigenvalue weighted by molar-refractivity contribution is -0.162. The highest BCUT2D eigenvalue weighted by Gasteiger charge is 2.71. The fourth-order valence-electron chi connectivity index (χ4n) is 2.63. The van der Waals surface area contributed by atoms with E-state index in [2.05, 4.69) is 0 Å². The van der Waals surface area contributed by atoms with E-state index < -0.39 is 43.8 Å². The van der Waals surface area contributed by atoms with Crippen molar-refractivity contribution in [1.29, 1.82) is 0 Å². The van der Waals surface area contributed by atoms with Crippen molar-refractivity contribution in [1.82, 2.24) is 4.90 Å². The molecule has 2 fully saturated rings. The Balaban J connectivity index is 2.56. The number of β-lactam (4-membered cyclic amide) rings is 1. The SMILES string of the molecule is CC1(C)[C@H](C(=O)O)N2C(=O)C(CN)[C@H]2S1(=O)=O. The smallest absolute Gasteiger partial charge is 0.328 e. The van der Waals surface area contributed by atoms with Crippen LogP contribution in [-0.4, -0.2) is 53.0 Å². The van der Waals surface area contributed by atoms with Gasteiger partial charge in [0.05, 0.1) is 10.7 Å². The van der Waals surface area contributed by atoms with Gasteiger partial charge < -0.3 is 15.7 Å². The topological polar surface area (TPSA) is 118 Å². The Hall–Kier alpha value is -1.15. The molecule has 2 rings (SSSR count). The maximum absolute atomic E-state index is 12.2. The average Bonchev–Trinajstić information content (AvgIpc) is 2.32. The normalized spacial score (nSPS) is 37.5. The van der Waals surface area contributed by atoms with E-state index >= 15 is 0 Å². The number of fused-ring (bicyclic) bond motifs is 1. The average molecular weight is 262 g/mol. The van der Waals surface area contributed by atoms with Crippen LogP contribution in [0.1, 0.15) is 13.8 Å². The Kier molecular flexibility index (Phi) is 2.32. The molecular weight excluding hydrogens is 248 g/mol. The van der Waals surface area contributed by atoms with E-state index in [1.165, 1.54) is 13.8 Å². The van der Waals surface area contributed by atoms with Crippen LogP contribution in [0.25, 0.3) is 0 Å². The summed E-state index contributed by atoms with van der Waals surface area (Å²) in [6.45, 7) is 2.59. The second-order valence-corrected chi connectivity index (χ2v) is 7.49. The highest BCUT2D eigenvalue weighted by atomic mass is 32.2. The monoisotopic (exact) mass is 262 g/mol. The lowest BCUT2D eigenvalue weighted by atomic mass is 9.92. The molecule has 2 saturated heterocycles. The summed E-state index contributed by atoms with van der Waals surface area (Å²) in [6, 6.07) is -1.33. The number of carbonyl (C=O) groups is 2. The standard InChI is InChI=1S/C9H14N2O5S/c1-9(2)5(8(13)14)11-6(12)4(3-10)7(11)17(9,15)16/h4-5,7H,3,10H2,1-2H3,(H,13,14)/t4?,5-,7+/m0/s1. The van der Waals surface area contributed by atoms with Gasteiger partial charge in [0.1, 0.15) is 11.4 Å². The summed E-state index contributed by atoms with van der Waals surface area (Å²) < 4.78 is 22.9. The molecule has 17 heavy (non-hydrogen) atoms. The quantitative estimate of drug-likeness (QED) is 0.578. The summed E-state index contributed by atoms with van der Waals surface area (Å²) in [5.41, 5.74) is 5.35. The summed E-state index contributed by atoms with van der Waals surface area (Å²) in [7, 11) is -3.71. The van der Waals surface area contributed by atoms with Crippen LogP contribution in [0.4, 0.5) is 0 Å². The fraction of sp³-hybridized carbons (Fsp3) is 0.778. The predicted octanol–water partition coefficient (Wildman–Crippen LogP) is -1.61. The Labute approximate surface area is 98.5 Å². The van der Waals surface area contributed by atoms with E-state index in [0.29, 0.717) is 0 Å². The first kappa shape index (κ1) is 12.3. The second kappa shape index (κ2) is 3.20. The zero-order chi connectivity index (χ0) is 13.2. The number of nitrogens with two attached hydrogens (primary N) is 1. The number of nitrogens with zero attached hydrogens (tertiary/aromatic N) is 1. The van der Waals surface area contributed by atoms with Crippen LogP contribution in [0.15, 0.2) is 0 Å². The molecule has 0 aromatic heterocycles. The zero-order valence-corrected chi connectivity index (χ0v) is 10.3. The molecule has 0 radical (unpaired) electrons. The molecular formula is C9H14N2O5S. The molecule has 2 aliphatic rings. The molecule has 0 saturated carbocycles. The highest BCUT2D eigenvalue weighted by Crippen LogP contribution is 2.48. The van der Waals surface area contributed by atoms with Crippen LogP contribution in [0.3, 0.4) is 0 Å². The number of carboxylic acid groups (broad SMARTS) is 1. The minimum absolute atomic E-state index is 0.0817. The van der Waals surface area contributed by atoms with Gasteiger partial charge in [0.25, 0.3) is 0 Å². The molecule has 7 nitrogen and oxygen atoms in total. The summed E-state index contributed by atoms with van der Waals surface area (Å²) >= 11 is 0. The van der Waals surface area contributed by atoms with Crippen molar-refractivity contribution in [3.05, 3.63) is 0 Å². The van der Waals surface area contributed by atoms with Crippen LogP contribution >= 0.6 is 0 Å². The number of rotatable bonds is 2. The van der Waals surface area contributed by atoms with Crippen LogP contribution in [-0.2, 0) is 19.4 Å². The van der Waals surface area contributed by atoms with E-state index in [1.807, 2.05) is 0 Å². The first-order valence-corrected chi connectivity index (χ1v) is 6.71. The molecule has 1 unspecified atom stereocenters. The van der Waals surface area contributed by atoms with Gasteiger partial charge in [-0.2, -0.15) is 0 Å². The maximum atomic E-state index is 12.2. The van der Waals surface area contributed by atoms with E-state index in [-0.39, 0.29) is 6.54 Å². The number of aliphatic carboxylic acids is 1. The van der Waals surface area contributed by atoms with Crippen molar-refractivity contribution in [2.75, 3.05) is 6.54 Å². The summed E-state index contributed by atoms with van der Waals surface area (Å²) in [5, 5.41) is 8.02. The van der Waals surface area contributed by atoms with Crippen molar-refractivity contribution < 1.29 is 23.1 Å². The molecule has 0 aromatic rings. The molecule has 1 amide bonds. The molecule has 8 heteroatoms. The summed E-state index contributed by atoms with van der Waals surface area (Å²) in [4.78, 5) is 23.8. The molecule has 2 heterocycles. The summed E-state index contributed by atoms with van der Waals surface area (Å²) in [5.74, 6) is -2.59. The highest BCUT2D eigenvalue weighted by molar-refractivity contribution is 7.93. The van der Waals surface area contributed by atoms with Gasteiger partial charge in [-0.25, -0.2) is 13.2 Å². The minimum atomic E-state index is -3.71. The molecule has 0 aliphatic carbocycles. The number of hydrogen-bond donors (Lipinski definition) is 2. The van der Waals surface area contributed by atoms with Crippen LogP contribution < -0.4 is 5.73 Å². The Bertz CT molecular complexity index is 498. The predicted molar refractivity (Wildman–Crippen MR) is 57.6 cm³/mol. The Morgan fingerprint density at radius 1 is 1.53 bits per heavy atom. The van der Waals surface area contributed by atoms with Crippen molar-refractivity contribution in [3.8, 4) is 0 Å². The molecule has 3 N–H and O–H groups in total. The molecule has 0 aromatic carbocycles. The molecule has 96 valence electrons. The van der Waals surface area contributed by atoms with Gasteiger partial charge in [-0.05, 0) is 13.8 Å². The fourth-order valence-corrected chi connectivity index (χ4v) is 4.96. The van der Waals surface area contributed by atoms with Gasteiger partial charge in [-0.1, -0.05) is 0 Å². The van der Waals surface area contributed by atoms with E-state index in [1.54, 1.807) is 0 Å². The lowest BCUT2D eigenvalue weighted by Gasteiger charge is -2.42. The van der Waals surface area contributed by atoms with E-state index in [4.69, 9.17) is 10.8 Å². The van der Waals surface area contributed by atoms with Crippen molar-refractivity contribution in [3.63, 3.8) is 0 Å². The number of amides is 1. The van der Waals surface area contributed by atoms with E-state index in [9.17, 15) is 18.0 Å². The van der Waals surface area contributed by atoms with Crippen LogP contribution in [0.5, 0.6) is 0 Å². The Morgan fingerprint density at radius 2 is 2.06 bits per heavy atom. The van der Waals surface area contributed by atoms with Gasteiger partial charge in [0, 0.05) is 6.54 Å². The van der Waals surface area contributed by atoms with Gasteiger partial charge >= 0.3 is 5.97 Å². The molecule has 3 atom stereocenters. The van der Waals surface area contributed by atoms with Crippen molar-refractivity contribution in [2.24, 2.45) is 11.7 Å². The van der Waals surface area contributed by atoms with Gasteiger partial charge in [-0.15, -0.1) is 0 Å². The lowest BCUT2D eigenvalue weighted by Crippen LogP contribution is -2.65. The van der Waals surface area contributed by atoms with Gasteiger partial charge in [0.2, 0.25) is 5.91 Å². The largest absolute Gasteiger partial charge is 0.480 e. The maximum Gasteiger partial charge on any atom is 0.328 e.